The van der Waals surface area contributed by atoms with E-state index in [2.05, 4.69) is 54.6 Å². The van der Waals surface area contributed by atoms with Gasteiger partial charge in [0.15, 0.2) is 5.82 Å². The first-order valence-corrected chi connectivity index (χ1v) is 9.96. The Balaban J connectivity index is 1.38. The molecule has 0 spiro atoms. The molecule has 0 aliphatic carbocycles. The fourth-order valence-electron chi connectivity index (χ4n) is 3.33. The van der Waals surface area contributed by atoms with Crippen molar-refractivity contribution in [2.75, 3.05) is 41.3 Å². The van der Waals surface area contributed by atoms with Gasteiger partial charge in [0.05, 0.1) is 12.3 Å². The van der Waals surface area contributed by atoms with Crippen LogP contribution in [0.4, 0.5) is 23.1 Å². The van der Waals surface area contributed by atoms with Crippen molar-refractivity contribution in [1.82, 2.24) is 15.2 Å². The topological polar surface area (TPSA) is 66.4 Å². The number of piperazine rings is 1. The molecular formula is C22H26N6O. The molecule has 2 heterocycles. The number of anilines is 4. The van der Waals surface area contributed by atoms with Gasteiger partial charge in [0.25, 0.3) is 0 Å². The summed E-state index contributed by atoms with van der Waals surface area (Å²) in [5.74, 6) is 2.18. The monoisotopic (exact) mass is 390 g/mol. The number of benzene rings is 2. The fourth-order valence-corrected chi connectivity index (χ4v) is 3.33. The van der Waals surface area contributed by atoms with Crippen LogP contribution in [0, 0.1) is 0 Å². The molecule has 2 aromatic carbocycles. The van der Waals surface area contributed by atoms with Crippen molar-refractivity contribution in [2.24, 2.45) is 0 Å². The second-order valence-electron chi connectivity index (χ2n) is 7.27. The van der Waals surface area contributed by atoms with Gasteiger partial charge in [-0.2, -0.15) is 10.1 Å². The van der Waals surface area contributed by atoms with E-state index in [4.69, 9.17) is 4.74 Å². The third-order valence-electron chi connectivity index (χ3n) is 4.73. The van der Waals surface area contributed by atoms with Crippen LogP contribution in [0.25, 0.3) is 0 Å². The first-order chi connectivity index (χ1) is 14.2. The minimum absolute atomic E-state index is 0.157. The zero-order valence-corrected chi connectivity index (χ0v) is 16.8. The summed E-state index contributed by atoms with van der Waals surface area (Å²) in [5, 5.41) is 11.7. The number of para-hydroxylation sites is 1. The molecule has 4 rings (SSSR count). The number of nitrogens with one attached hydrogen (secondary N) is 1. The lowest BCUT2D eigenvalue weighted by atomic mass is 10.2. The maximum Gasteiger partial charge on any atom is 0.247 e. The molecule has 0 saturated carbocycles. The lowest BCUT2D eigenvalue weighted by Gasteiger charge is -2.35. The summed E-state index contributed by atoms with van der Waals surface area (Å²) in [6, 6.07) is 18.3. The van der Waals surface area contributed by atoms with Crippen molar-refractivity contribution in [2.45, 2.75) is 20.0 Å². The minimum atomic E-state index is 0.157. The van der Waals surface area contributed by atoms with E-state index in [9.17, 15) is 0 Å². The van der Waals surface area contributed by atoms with Crippen LogP contribution in [0.1, 0.15) is 13.8 Å². The molecule has 3 aromatic rings. The van der Waals surface area contributed by atoms with E-state index >= 15 is 0 Å². The number of hydrogen-bond acceptors (Lipinski definition) is 7. The Morgan fingerprint density at radius 3 is 2.28 bits per heavy atom. The number of nitrogens with zero attached hydrogens (tertiary/aromatic N) is 5. The van der Waals surface area contributed by atoms with Gasteiger partial charge >= 0.3 is 0 Å². The molecule has 150 valence electrons. The van der Waals surface area contributed by atoms with E-state index in [0.29, 0.717) is 11.8 Å². The summed E-state index contributed by atoms with van der Waals surface area (Å²) in [5.41, 5.74) is 2.19. The molecule has 1 aliphatic heterocycles. The number of hydrogen-bond donors (Lipinski definition) is 1. The Labute approximate surface area is 171 Å². The zero-order valence-electron chi connectivity index (χ0n) is 16.8. The molecule has 1 fully saturated rings. The Bertz CT molecular complexity index is 908. The molecule has 0 radical (unpaired) electrons. The molecule has 1 saturated heterocycles. The van der Waals surface area contributed by atoms with Gasteiger partial charge in [-0.1, -0.05) is 18.2 Å². The van der Waals surface area contributed by atoms with Gasteiger partial charge in [-0.15, -0.1) is 5.10 Å². The molecule has 1 N–H and O–H groups in total. The second-order valence-corrected chi connectivity index (χ2v) is 7.27. The third-order valence-corrected chi connectivity index (χ3v) is 4.73. The van der Waals surface area contributed by atoms with Gasteiger partial charge in [-0.3, -0.25) is 0 Å². The van der Waals surface area contributed by atoms with E-state index in [1.54, 1.807) is 6.20 Å². The fraction of sp³-hybridized carbons (Fsp3) is 0.318. The van der Waals surface area contributed by atoms with E-state index in [1.165, 1.54) is 5.69 Å². The predicted octanol–water partition coefficient (Wildman–Crippen LogP) is 3.73. The number of ether oxygens (including phenoxy) is 1. The highest BCUT2D eigenvalue weighted by atomic mass is 16.5. The highest BCUT2D eigenvalue weighted by Crippen LogP contribution is 2.21. The molecule has 1 aliphatic rings. The molecule has 0 atom stereocenters. The molecule has 7 nitrogen and oxygen atoms in total. The van der Waals surface area contributed by atoms with Gasteiger partial charge < -0.3 is 19.9 Å². The van der Waals surface area contributed by atoms with Crippen molar-refractivity contribution in [3.63, 3.8) is 0 Å². The highest BCUT2D eigenvalue weighted by molar-refractivity contribution is 5.57. The summed E-state index contributed by atoms with van der Waals surface area (Å²) < 4.78 is 5.68. The predicted molar refractivity (Wildman–Crippen MR) is 116 cm³/mol. The summed E-state index contributed by atoms with van der Waals surface area (Å²) in [7, 11) is 0. The lowest BCUT2D eigenvalue weighted by molar-refractivity contribution is 0.242. The van der Waals surface area contributed by atoms with Crippen LogP contribution >= 0.6 is 0 Å². The smallest absolute Gasteiger partial charge is 0.247 e. The van der Waals surface area contributed by atoms with E-state index in [1.807, 2.05) is 44.2 Å². The third kappa shape index (κ3) is 4.93. The van der Waals surface area contributed by atoms with Gasteiger partial charge in [-0.25, -0.2) is 0 Å². The molecule has 0 unspecified atom stereocenters. The summed E-state index contributed by atoms with van der Waals surface area (Å²) in [4.78, 5) is 9.21. The first kappa shape index (κ1) is 19.0. The quantitative estimate of drug-likeness (QED) is 0.688. The maximum absolute atomic E-state index is 5.68. The van der Waals surface area contributed by atoms with Gasteiger partial charge in [-0.05, 0) is 50.2 Å². The van der Waals surface area contributed by atoms with Crippen LogP contribution in [0.2, 0.25) is 0 Å². The molecular weight excluding hydrogens is 364 g/mol. The average Bonchev–Trinajstić information content (AvgIpc) is 2.76. The minimum Gasteiger partial charge on any atom is -0.491 e. The van der Waals surface area contributed by atoms with Crippen LogP contribution in [-0.2, 0) is 0 Å². The van der Waals surface area contributed by atoms with Gasteiger partial charge in [0.2, 0.25) is 5.95 Å². The SMILES string of the molecule is CC(C)Oc1ccc(Nc2cnnc(N3CCN(c4ccccc4)CC3)n2)cc1. The largest absolute Gasteiger partial charge is 0.491 e. The Kier molecular flexibility index (Phi) is 5.74. The van der Waals surface area contributed by atoms with Crippen LogP contribution in [0.5, 0.6) is 5.75 Å². The van der Waals surface area contributed by atoms with Crippen LogP contribution in [0.3, 0.4) is 0 Å². The Morgan fingerprint density at radius 2 is 1.59 bits per heavy atom. The second kappa shape index (κ2) is 8.77. The molecule has 1 aromatic heterocycles. The molecule has 29 heavy (non-hydrogen) atoms. The summed E-state index contributed by atoms with van der Waals surface area (Å²) in [6.45, 7) is 7.62. The molecule has 0 bridgehead atoms. The number of rotatable bonds is 6. The van der Waals surface area contributed by atoms with Crippen LogP contribution < -0.4 is 19.9 Å². The van der Waals surface area contributed by atoms with Gasteiger partial charge in [0, 0.05) is 37.6 Å². The Hall–Kier alpha value is -3.35. The van der Waals surface area contributed by atoms with E-state index in [-0.39, 0.29) is 6.10 Å². The molecule has 7 heteroatoms. The van der Waals surface area contributed by atoms with Crippen molar-refractivity contribution in [1.29, 1.82) is 0 Å². The van der Waals surface area contributed by atoms with Gasteiger partial charge in [0.1, 0.15) is 5.75 Å². The van der Waals surface area contributed by atoms with E-state index in [0.717, 1.165) is 37.6 Å². The summed E-state index contributed by atoms with van der Waals surface area (Å²) in [6.07, 6.45) is 1.80. The summed E-state index contributed by atoms with van der Waals surface area (Å²) >= 11 is 0. The molecule has 0 amide bonds. The van der Waals surface area contributed by atoms with Crippen molar-refractivity contribution in [3.8, 4) is 5.75 Å². The Morgan fingerprint density at radius 1 is 0.897 bits per heavy atom. The van der Waals surface area contributed by atoms with Crippen molar-refractivity contribution >= 4 is 23.1 Å². The lowest BCUT2D eigenvalue weighted by Crippen LogP contribution is -2.47. The maximum atomic E-state index is 5.68. The van der Waals surface area contributed by atoms with Crippen molar-refractivity contribution < 1.29 is 4.74 Å². The van der Waals surface area contributed by atoms with Crippen LogP contribution in [-0.4, -0.2) is 47.5 Å². The zero-order chi connectivity index (χ0) is 20.1. The van der Waals surface area contributed by atoms with Crippen molar-refractivity contribution in [3.05, 3.63) is 60.8 Å². The first-order valence-electron chi connectivity index (χ1n) is 9.96. The highest BCUT2D eigenvalue weighted by Gasteiger charge is 2.19. The number of aromatic nitrogens is 3. The van der Waals surface area contributed by atoms with Crippen LogP contribution in [0.15, 0.2) is 60.8 Å². The normalized spacial score (nSPS) is 14.2. The van der Waals surface area contributed by atoms with E-state index < -0.39 is 0 Å². The average molecular weight is 390 g/mol. The standard InChI is InChI=1S/C22H26N6O/c1-17(2)29-20-10-8-18(9-11-20)24-21-16-23-26-22(25-21)28-14-12-27(13-15-28)19-6-4-3-5-7-19/h3-11,16-17H,12-15H2,1-2H3,(H,24,25,26).